The Morgan fingerprint density at radius 1 is 1.27 bits per heavy atom. The number of hydrogen-bond acceptors (Lipinski definition) is 6. The second kappa shape index (κ2) is 11.2. The van der Waals surface area contributed by atoms with E-state index in [0.717, 1.165) is 6.07 Å². The number of benzene rings is 3. The second-order valence-electron chi connectivity index (χ2n) is 8.28. The van der Waals surface area contributed by atoms with Gasteiger partial charge in [-0.05, 0) is 36.8 Å². The van der Waals surface area contributed by atoms with Gasteiger partial charge in [0, 0.05) is 32.6 Å². The van der Waals surface area contributed by atoms with E-state index in [-0.39, 0.29) is 34.4 Å². The number of aromatic nitrogens is 2. The molecule has 0 bridgehead atoms. The number of nitro benzene ring substituents is 1. The van der Waals surface area contributed by atoms with Gasteiger partial charge in [0.15, 0.2) is 0 Å². The first-order valence-electron chi connectivity index (χ1n) is 11.3. The first-order chi connectivity index (χ1) is 17.7. The predicted molar refractivity (Wildman–Crippen MR) is 144 cm³/mol. The molecule has 0 unspecified atom stereocenters. The summed E-state index contributed by atoms with van der Waals surface area (Å²) in [5, 5.41) is 16.6. The molecule has 190 valence electrons. The third kappa shape index (κ3) is 5.70. The first kappa shape index (κ1) is 26.4. The fraction of sp³-hybridized carbons (Fsp3) is 0.192. The van der Waals surface area contributed by atoms with Crippen LogP contribution in [0.5, 0.6) is 5.75 Å². The molecule has 0 aliphatic heterocycles. The number of hydrogen-bond donors (Lipinski definition) is 0. The smallest absolute Gasteiger partial charge is 0.313 e. The molecule has 4 aromatic rings. The van der Waals surface area contributed by atoms with Gasteiger partial charge in [-0.1, -0.05) is 59.6 Å². The first-order valence-corrected chi connectivity index (χ1v) is 12.5. The van der Waals surface area contributed by atoms with Crippen LogP contribution in [0, 0.1) is 15.9 Å². The van der Waals surface area contributed by atoms with E-state index in [2.05, 4.69) is 26.0 Å². The lowest BCUT2D eigenvalue weighted by Gasteiger charge is -2.14. The molecule has 0 fully saturated rings. The molecule has 0 spiro atoms. The van der Waals surface area contributed by atoms with Crippen molar-refractivity contribution in [3.63, 3.8) is 0 Å². The van der Waals surface area contributed by atoms with Crippen molar-refractivity contribution >= 4 is 50.3 Å². The fourth-order valence-electron chi connectivity index (χ4n) is 3.65. The van der Waals surface area contributed by atoms with Gasteiger partial charge in [-0.25, -0.2) is 9.37 Å². The molecule has 3 aromatic carbocycles. The van der Waals surface area contributed by atoms with E-state index < -0.39 is 22.0 Å². The van der Waals surface area contributed by atoms with E-state index in [1.54, 1.807) is 24.3 Å². The molecule has 8 nitrogen and oxygen atoms in total. The molecule has 37 heavy (non-hydrogen) atoms. The van der Waals surface area contributed by atoms with Gasteiger partial charge < -0.3 is 4.74 Å². The minimum absolute atomic E-state index is 0.0708. The number of nitrogens with zero attached hydrogens (tertiary/aromatic N) is 4. The van der Waals surface area contributed by atoms with Crippen molar-refractivity contribution in [2.75, 3.05) is 0 Å². The van der Waals surface area contributed by atoms with Crippen LogP contribution in [-0.2, 0) is 6.61 Å². The van der Waals surface area contributed by atoms with Crippen molar-refractivity contribution in [1.82, 2.24) is 9.66 Å². The number of halogens is 3. The summed E-state index contributed by atoms with van der Waals surface area (Å²) < 4.78 is 21.7. The van der Waals surface area contributed by atoms with Crippen LogP contribution in [0.2, 0.25) is 5.02 Å². The standard InChI is InChI=1S/C26H21BrClFN4O4/c1-3-15(2)25-31-22-9-8-18(27)11-20(22)26(34)32(25)30-13-17-10-19(28)12-23(33(35)36)24(17)37-14-16-6-4-5-7-21(16)29/h4-13,15H,3,14H2,1-2H3/t15-/m1/s1. The molecule has 1 atom stereocenters. The van der Waals surface area contributed by atoms with Crippen molar-refractivity contribution in [2.45, 2.75) is 32.8 Å². The minimum Gasteiger partial charge on any atom is -0.481 e. The van der Waals surface area contributed by atoms with Gasteiger partial charge in [-0.15, -0.1) is 0 Å². The van der Waals surface area contributed by atoms with E-state index in [1.807, 2.05) is 13.8 Å². The summed E-state index contributed by atoms with van der Waals surface area (Å²) in [7, 11) is 0. The summed E-state index contributed by atoms with van der Waals surface area (Å²) in [5.41, 5.74) is 0.0758. The molecule has 0 aliphatic rings. The van der Waals surface area contributed by atoms with Crippen LogP contribution in [0.4, 0.5) is 10.1 Å². The Morgan fingerprint density at radius 3 is 2.73 bits per heavy atom. The molecule has 1 heterocycles. The van der Waals surface area contributed by atoms with Crippen molar-refractivity contribution in [3.8, 4) is 5.75 Å². The Labute approximate surface area is 224 Å². The molecule has 1 aromatic heterocycles. The van der Waals surface area contributed by atoms with Crippen LogP contribution < -0.4 is 10.3 Å². The lowest BCUT2D eigenvalue weighted by atomic mass is 10.1. The maximum atomic E-state index is 14.1. The summed E-state index contributed by atoms with van der Waals surface area (Å²) in [6, 6.07) is 13.7. The molecule has 0 radical (unpaired) electrons. The van der Waals surface area contributed by atoms with Crippen LogP contribution in [0.1, 0.15) is 43.1 Å². The fourth-order valence-corrected chi connectivity index (χ4v) is 4.23. The van der Waals surface area contributed by atoms with E-state index in [0.29, 0.717) is 27.6 Å². The maximum absolute atomic E-state index is 14.1. The van der Waals surface area contributed by atoms with Crippen LogP contribution >= 0.6 is 27.5 Å². The maximum Gasteiger partial charge on any atom is 0.313 e. The summed E-state index contributed by atoms with van der Waals surface area (Å²) in [6.45, 7) is 3.62. The number of fused-ring (bicyclic) bond motifs is 1. The summed E-state index contributed by atoms with van der Waals surface area (Å²) in [5.74, 6) is -0.337. The van der Waals surface area contributed by atoms with Crippen molar-refractivity contribution in [2.24, 2.45) is 5.10 Å². The minimum atomic E-state index is -0.647. The summed E-state index contributed by atoms with van der Waals surface area (Å²) >= 11 is 9.53. The van der Waals surface area contributed by atoms with Crippen LogP contribution in [0.3, 0.4) is 0 Å². The van der Waals surface area contributed by atoms with Crippen molar-refractivity contribution < 1.29 is 14.1 Å². The second-order valence-corrected chi connectivity index (χ2v) is 9.63. The molecule has 0 amide bonds. The third-order valence-electron chi connectivity index (χ3n) is 5.79. The Bertz CT molecular complexity index is 1590. The Kier molecular flexibility index (Phi) is 7.99. The van der Waals surface area contributed by atoms with Gasteiger partial charge in [-0.3, -0.25) is 14.9 Å². The summed E-state index contributed by atoms with van der Waals surface area (Å²) in [4.78, 5) is 29.2. The zero-order valence-electron chi connectivity index (χ0n) is 19.8. The van der Waals surface area contributed by atoms with E-state index in [1.165, 1.54) is 35.2 Å². The highest BCUT2D eigenvalue weighted by molar-refractivity contribution is 9.10. The number of nitro groups is 1. The molecule has 4 rings (SSSR count). The zero-order chi connectivity index (χ0) is 26.7. The van der Waals surface area contributed by atoms with Gasteiger partial charge in [0.1, 0.15) is 18.2 Å². The largest absolute Gasteiger partial charge is 0.481 e. The van der Waals surface area contributed by atoms with E-state index >= 15 is 0 Å². The highest BCUT2D eigenvalue weighted by atomic mass is 79.9. The van der Waals surface area contributed by atoms with Crippen molar-refractivity contribution in [3.05, 3.63) is 107 Å². The topological polar surface area (TPSA) is 99.6 Å². The lowest BCUT2D eigenvalue weighted by molar-refractivity contribution is -0.385. The van der Waals surface area contributed by atoms with Crippen LogP contribution in [0.25, 0.3) is 10.9 Å². The molecule has 0 saturated heterocycles. The van der Waals surface area contributed by atoms with E-state index in [4.69, 9.17) is 16.3 Å². The highest BCUT2D eigenvalue weighted by Gasteiger charge is 2.22. The van der Waals surface area contributed by atoms with E-state index in [9.17, 15) is 19.3 Å². The Hall–Kier alpha value is -3.63. The van der Waals surface area contributed by atoms with Crippen LogP contribution in [-0.4, -0.2) is 20.8 Å². The SMILES string of the molecule is CC[C@@H](C)c1nc2ccc(Br)cc2c(=O)n1N=Cc1cc(Cl)cc([N+](=O)[O-])c1OCc1ccccc1F. The lowest BCUT2D eigenvalue weighted by Crippen LogP contribution is -2.23. The average molecular weight is 588 g/mol. The molecule has 0 N–H and O–H groups in total. The molecular weight excluding hydrogens is 567 g/mol. The Balaban J connectivity index is 1.85. The third-order valence-corrected chi connectivity index (χ3v) is 6.50. The molecular formula is C26H21BrClFN4O4. The van der Waals surface area contributed by atoms with Gasteiger partial charge >= 0.3 is 5.69 Å². The van der Waals surface area contributed by atoms with Gasteiger partial charge in [0.25, 0.3) is 5.56 Å². The monoisotopic (exact) mass is 586 g/mol. The average Bonchev–Trinajstić information content (AvgIpc) is 2.87. The molecule has 0 aliphatic carbocycles. The quantitative estimate of drug-likeness (QED) is 0.128. The van der Waals surface area contributed by atoms with Gasteiger partial charge in [0.2, 0.25) is 5.75 Å². The predicted octanol–water partition coefficient (Wildman–Crippen LogP) is 6.83. The van der Waals surface area contributed by atoms with Gasteiger partial charge in [-0.2, -0.15) is 9.78 Å². The number of rotatable bonds is 8. The normalized spacial score (nSPS) is 12.2. The molecule has 0 saturated carbocycles. The summed E-state index contributed by atoms with van der Waals surface area (Å²) in [6.07, 6.45) is 1.96. The molecule has 11 heteroatoms. The highest BCUT2D eigenvalue weighted by Crippen LogP contribution is 2.34. The number of ether oxygens (including phenoxy) is 1. The van der Waals surface area contributed by atoms with Gasteiger partial charge in [0.05, 0.1) is 22.0 Å². The van der Waals surface area contributed by atoms with Crippen LogP contribution in [0.15, 0.2) is 69.0 Å². The Morgan fingerprint density at radius 2 is 2.03 bits per heavy atom. The van der Waals surface area contributed by atoms with Crippen molar-refractivity contribution in [1.29, 1.82) is 0 Å². The zero-order valence-corrected chi connectivity index (χ0v) is 22.2.